The van der Waals surface area contributed by atoms with Crippen LogP contribution in [0.15, 0.2) is 65.8 Å². The molecule has 0 spiro atoms. The van der Waals surface area contributed by atoms with Crippen molar-refractivity contribution < 1.29 is 18.9 Å². The van der Waals surface area contributed by atoms with E-state index >= 15 is 0 Å². The topological polar surface area (TPSA) is 85.7 Å². The maximum absolute atomic E-state index is 9.28. The van der Waals surface area contributed by atoms with Crippen LogP contribution in [0.1, 0.15) is 88.7 Å². The van der Waals surface area contributed by atoms with Gasteiger partial charge < -0.3 is 18.9 Å². The number of rotatable bonds is 20. The molecule has 7 heteroatoms. The van der Waals surface area contributed by atoms with Crippen LogP contribution >= 0.6 is 0 Å². The lowest BCUT2D eigenvalue weighted by Gasteiger charge is -2.29. The first-order valence-electron chi connectivity index (χ1n) is 14.8. The fraction of sp³-hybridized carbons (Fsp3) is 0.625. The van der Waals surface area contributed by atoms with Gasteiger partial charge in [-0.3, -0.25) is 0 Å². The van der Waals surface area contributed by atoms with Gasteiger partial charge in [0.1, 0.15) is 18.2 Å². The molecule has 7 nitrogen and oxygen atoms in total. The van der Waals surface area contributed by atoms with Crippen LogP contribution in [0.4, 0.5) is 0 Å². The van der Waals surface area contributed by atoms with E-state index in [4.69, 9.17) is 18.9 Å². The molecule has 1 aliphatic heterocycles. The van der Waals surface area contributed by atoms with Crippen LogP contribution in [-0.2, 0) is 32.2 Å². The second-order valence-electron chi connectivity index (χ2n) is 10.5. The summed E-state index contributed by atoms with van der Waals surface area (Å²) in [7, 11) is 1.57. The van der Waals surface area contributed by atoms with Gasteiger partial charge in [0.05, 0.1) is 19.3 Å². The van der Waals surface area contributed by atoms with Crippen LogP contribution in [0.2, 0.25) is 0 Å². The predicted octanol–water partition coefficient (Wildman–Crippen LogP) is 8.52. The van der Waals surface area contributed by atoms with Crippen molar-refractivity contribution in [2.24, 2.45) is 5.11 Å². The van der Waals surface area contributed by atoms with E-state index in [1.165, 1.54) is 51.4 Å². The van der Waals surface area contributed by atoms with E-state index in [9.17, 15) is 5.53 Å². The van der Waals surface area contributed by atoms with Gasteiger partial charge in [-0.1, -0.05) is 137 Å². The first-order valence-corrected chi connectivity index (χ1v) is 14.8. The highest BCUT2D eigenvalue weighted by Gasteiger charge is 2.49. The molecule has 1 heterocycles. The molecular weight excluding hydrogens is 490 g/mol. The Kier molecular flexibility index (Phi) is 15.0. The second-order valence-corrected chi connectivity index (χ2v) is 10.5. The maximum atomic E-state index is 9.28. The summed E-state index contributed by atoms with van der Waals surface area (Å²) in [6.07, 6.45) is 11.9. The first kappa shape index (κ1) is 31.1. The summed E-state index contributed by atoms with van der Waals surface area (Å²) >= 11 is 0. The first-order chi connectivity index (χ1) is 19.3. The van der Waals surface area contributed by atoms with E-state index < -0.39 is 24.5 Å². The number of nitrogens with zero attached hydrogens (tertiary/aromatic N) is 3. The Bertz CT molecular complexity index is 939. The Morgan fingerprint density at radius 2 is 1.38 bits per heavy atom. The average molecular weight is 538 g/mol. The molecule has 2 aromatic rings. The van der Waals surface area contributed by atoms with Crippen molar-refractivity contribution in [1.82, 2.24) is 0 Å². The molecule has 5 atom stereocenters. The number of unbranched alkanes of at least 4 members (excludes halogenated alkanes) is 9. The molecule has 2 aromatic carbocycles. The fourth-order valence-electron chi connectivity index (χ4n) is 5.25. The van der Waals surface area contributed by atoms with Crippen LogP contribution in [0.25, 0.3) is 10.4 Å². The highest BCUT2D eigenvalue weighted by Crippen LogP contribution is 2.33. The van der Waals surface area contributed by atoms with E-state index in [1.807, 2.05) is 48.5 Å². The SMILES string of the molecule is CCCCCCCCCCCC[C@@H](OCc1ccccc1)C1O[C@H](OC)[C@@H](N=[N+]=[N-])C1OCc1ccccc1. The number of methoxy groups -OCH3 is 1. The zero-order chi connectivity index (χ0) is 27.5. The molecule has 0 N–H and O–H groups in total. The lowest BCUT2D eigenvalue weighted by atomic mass is 9.98. The van der Waals surface area contributed by atoms with Gasteiger partial charge in [0.25, 0.3) is 0 Å². The molecule has 1 saturated heterocycles. The highest BCUT2D eigenvalue weighted by molar-refractivity contribution is 5.14. The molecule has 1 fully saturated rings. The minimum Gasteiger partial charge on any atom is -0.371 e. The molecule has 0 amide bonds. The van der Waals surface area contributed by atoms with Gasteiger partial charge in [0.15, 0.2) is 6.29 Å². The van der Waals surface area contributed by atoms with Crippen LogP contribution in [0.3, 0.4) is 0 Å². The fourth-order valence-corrected chi connectivity index (χ4v) is 5.25. The number of hydrogen-bond donors (Lipinski definition) is 0. The summed E-state index contributed by atoms with van der Waals surface area (Å²) in [6.45, 7) is 3.14. The van der Waals surface area contributed by atoms with Crippen LogP contribution in [-0.4, -0.2) is 37.8 Å². The number of benzene rings is 2. The van der Waals surface area contributed by atoms with E-state index in [2.05, 4.69) is 29.1 Å². The zero-order valence-electron chi connectivity index (χ0n) is 23.8. The van der Waals surface area contributed by atoms with Crippen molar-refractivity contribution in [2.75, 3.05) is 7.11 Å². The lowest BCUT2D eigenvalue weighted by Crippen LogP contribution is -2.41. The predicted molar refractivity (Wildman–Crippen MR) is 155 cm³/mol. The van der Waals surface area contributed by atoms with Gasteiger partial charge in [0, 0.05) is 12.0 Å². The summed E-state index contributed by atoms with van der Waals surface area (Å²) in [6, 6.07) is 19.6. The summed E-state index contributed by atoms with van der Waals surface area (Å²) < 4.78 is 24.8. The number of ether oxygens (including phenoxy) is 4. The minimum absolute atomic E-state index is 0.212. The van der Waals surface area contributed by atoms with Gasteiger partial charge in [-0.25, -0.2) is 0 Å². The lowest BCUT2D eigenvalue weighted by molar-refractivity contribution is -0.165. The average Bonchev–Trinajstić information content (AvgIpc) is 3.32. The molecule has 3 rings (SSSR count). The minimum atomic E-state index is -0.679. The highest BCUT2D eigenvalue weighted by atomic mass is 16.7. The summed E-state index contributed by atoms with van der Waals surface area (Å²) in [5, 5.41) is 4.03. The molecular formula is C32H47N3O4. The van der Waals surface area contributed by atoms with Gasteiger partial charge in [-0.2, -0.15) is 0 Å². The molecule has 2 unspecified atom stereocenters. The Labute approximate surface area is 234 Å². The van der Waals surface area contributed by atoms with E-state index in [0.717, 1.165) is 30.4 Å². The molecule has 214 valence electrons. The smallest absolute Gasteiger partial charge is 0.168 e. The Morgan fingerprint density at radius 3 is 1.95 bits per heavy atom. The van der Waals surface area contributed by atoms with Gasteiger partial charge in [-0.15, -0.1) is 0 Å². The van der Waals surface area contributed by atoms with Gasteiger partial charge >= 0.3 is 0 Å². The summed E-state index contributed by atoms with van der Waals surface area (Å²) in [5.74, 6) is 0. The molecule has 39 heavy (non-hydrogen) atoms. The van der Waals surface area contributed by atoms with Crippen molar-refractivity contribution in [3.05, 3.63) is 82.2 Å². The van der Waals surface area contributed by atoms with Gasteiger partial charge in [-0.05, 0) is 23.1 Å². The Morgan fingerprint density at radius 1 is 0.821 bits per heavy atom. The van der Waals surface area contributed by atoms with E-state index in [0.29, 0.717) is 13.2 Å². The van der Waals surface area contributed by atoms with E-state index in [-0.39, 0.29) is 6.10 Å². The van der Waals surface area contributed by atoms with Crippen LogP contribution < -0.4 is 0 Å². The van der Waals surface area contributed by atoms with Crippen LogP contribution in [0, 0.1) is 0 Å². The molecule has 0 saturated carbocycles. The largest absolute Gasteiger partial charge is 0.371 e. The maximum Gasteiger partial charge on any atom is 0.168 e. The van der Waals surface area contributed by atoms with Crippen molar-refractivity contribution in [3.63, 3.8) is 0 Å². The molecule has 1 aliphatic rings. The summed E-state index contributed by atoms with van der Waals surface area (Å²) in [4.78, 5) is 3.08. The Balaban J connectivity index is 1.62. The number of hydrogen-bond acceptors (Lipinski definition) is 5. The third-order valence-electron chi connectivity index (χ3n) is 7.45. The third-order valence-corrected chi connectivity index (χ3v) is 7.45. The normalized spacial score (nSPS) is 21.5. The van der Waals surface area contributed by atoms with Crippen LogP contribution in [0.5, 0.6) is 0 Å². The van der Waals surface area contributed by atoms with Crippen molar-refractivity contribution in [1.29, 1.82) is 0 Å². The Hall–Kier alpha value is -2.41. The van der Waals surface area contributed by atoms with E-state index in [1.54, 1.807) is 7.11 Å². The summed E-state index contributed by atoms with van der Waals surface area (Å²) in [5.41, 5.74) is 11.4. The molecule has 0 aromatic heterocycles. The molecule has 0 aliphatic carbocycles. The second kappa shape index (κ2) is 18.8. The molecule has 0 bridgehead atoms. The van der Waals surface area contributed by atoms with Gasteiger partial charge in [0.2, 0.25) is 0 Å². The van der Waals surface area contributed by atoms with Crippen molar-refractivity contribution in [2.45, 2.75) is 121 Å². The number of azide groups is 1. The standard InChI is InChI=1S/C32H47N3O4/c1-3-4-5-6-7-8-9-10-11-18-23-28(37-24-26-19-14-12-15-20-26)30-31(29(34-35-33)32(36-2)39-30)38-25-27-21-16-13-17-22-27/h12-17,19-22,28-32H,3-11,18,23-25H2,1-2H3/t28-,29+,30?,31?,32+/m1/s1. The quantitative estimate of drug-likeness (QED) is 0.0733. The zero-order valence-corrected chi connectivity index (χ0v) is 23.8. The van der Waals surface area contributed by atoms with Crippen molar-refractivity contribution in [3.8, 4) is 0 Å². The third kappa shape index (κ3) is 10.9. The monoisotopic (exact) mass is 537 g/mol. The molecule has 0 radical (unpaired) electrons. The van der Waals surface area contributed by atoms with Crippen molar-refractivity contribution >= 4 is 0 Å².